The highest BCUT2D eigenvalue weighted by molar-refractivity contribution is 7.20. The minimum absolute atomic E-state index is 0.0283. The molecule has 36 heavy (non-hydrogen) atoms. The van der Waals surface area contributed by atoms with Gasteiger partial charge in [-0.1, -0.05) is 30.3 Å². The number of aromatic nitrogens is 2. The molecular weight excluding hydrogens is 474 g/mol. The average Bonchev–Trinajstić information content (AvgIpc) is 3.21. The topological polar surface area (TPSA) is 87.5 Å². The fraction of sp³-hybridized carbons (Fsp3) is 0.481. The quantitative estimate of drug-likeness (QED) is 0.447. The molecule has 1 N–H and O–H groups in total. The number of benzene rings is 1. The van der Waals surface area contributed by atoms with E-state index in [-0.39, 0.29) is 30.0 Å². The summed E-state index contributed by atoms with van der Waals surface area (Å²) in [6, 6.07) is 10.5. The first-order valence-corrected chi connectivity index (χ1v) is 13.5. The Balaban J connectivity index is 1.36. The average molecular weight is 510 g/mol. The normalized spacial score (nSPS) is 16.0. The lowest BCUT2D eigenvalue weighted by atomic mass is 10.0. The number of fused-ring (bicyclic) bond motifs is 1. The number of amides is 2. The van der Waals surface area contributed by atoms with E-state index in [2.05, 4.69) is 41.3 Å². The van der Waals surface area contributed by atoms with Gasteiger partial charge in [0.05, 0.1) is 16.6 Å². The summed E-state index contributed by atoms with van der Waals surface area (Å²) in [4.78, 5) is 48.4. The molecule has 1 fully saturated rings. The van der Waals surface area contributed by atoms with E-state index in [4.69, 9.17) is 0 Å². The van der Waals surface area contributed by atoms with Crippen LogP contribution in [0.25, 0.3) is 10.2 Å². The van der Waals surface area contributed by atoms with Crippen molar-refractivity contribution in [3.05, 3.63) is 63.0 Å². The molecule has 4 rings (SSSR count). The zero-order chi connectivity index (χ0) is 25.7. The molecule has 0 radical (unpaired) electrons. The lowest BCUT2D eigenvalue weighted by molar-refractivity contribution is -0.135. The third-order valence-electron chi connectivity index (χ3n) is 6.85. The van der Waals surface area contributed by atoms with Crippen molar-refractivity contribution in [2.24, 2.45) is 0 Å². The summed E-state index contributed by atoms with van der Waals surface area (Å²) < 4.78 is 1.37. The molecular formula is C27H35N5O3S. The van der Waals surface area contributed by atoms with Crippen molar-refractivity contribution in [1.82, 2.24) is 24.7 Å². The van der Waals surface area contributed by atoms with Gasteiger partial charge in [0.25, 0.3) is 11.5 Å². The Bertz CT molecular complexity index is 1270. The van der Waals surface area contributed by atoms with Crippen molar-refractivity contribution in [2.75, 3.05) is 26.7 Å². The van der Waals surface area contributed by atoms with E-state index in [0.717, 1.165) is 45.3 Å². The predicted octanol–water partition coefficient (Wildman–Crippen LogP) is 3.42. The SMILES string of the molecule is Cc1c(C(=O)NCCCN(C)Cc2ccccc2)sc2ncn(CC(=O)N3CCCCC3C)c(=O)c12. The van der Waals surface area contributed by atoms with E-state index in [0.29, 0.717) is 27.2 Å². The Kier molecular flexibility index (Phi) is 8.53. The van der Waals surface area contributed by atoms with Crippen LogP contribution in [-0.2, 0) is 17.9 Å². The summed E-state index contributed by atoms with van der Waals surface area (Å²) in [5, 5.41) is 3.41. The van der Waals surface area contributed by atoms with Crippen LogP contribution in [0.5, 0.6) is 0 Å². The van der Waals surface area contributed by atoms with E-state index in [9.17, 15) is 14.4 Å². The Morgan fingerprint density at radius 1 is 1.22 bits per heavy atom. The number of likely N-dealkylation sites (tertiary alicyclic amines) is 1. The monoisotopic (exact) mass is 509 g/mol. The summed E-state index contributed by atoms with van der Waals surface area (Å²) in [5.41, 5.74) is 1.61. The first-order valence-electron chi connectivity index (χ1n) is 12.6. The van der Waals surface area contributed by atoms with Crippen LogP contribution in [0.3, 0.4) is 0 Å². The summed E-state index contributed by atoms with van der Waals surface area (Å²) in [7, 11) is 2.07. The zero-order valence-electron chi connectivity index (χ0n) is 21.3. The lowest BCUT2D eigenvalue weighted by Crippen LogP contribution is -2.44. The van der Waals surface area contributed by atoms with Crippen LogP contribution in [0.15, 0.2) is 41.5 Å². The highest BCUT2D eigenvalue weighted by Crippen LogP contribution is 2.26. The van der Waals surface area contributed by atoms with Gasteiger partial charge < -0.3 is 15.1 Å². The maximum absolute atomic E-state index is 13.2. The molecule has 1 unspecified atom stereocenters. The number of piperidine rings is 1. The molecule has 0 aliphatic carbocycles. The van der Waals surface area contributed by atoms with E-state index >= 15 is 0 Å². The number of carbonyl (C=O) groups is 2. The van der Waals surface area contributed by atoms with Crippen molar-refractivity contribution in [1.29, 1.82) is 0 Å². The lowest BCUT2D eigenvalue weighted by Gasteiger charge is -2.33. The molecule has 0 spiro atoms. The maximum atomic E-state index is 13.2. The molecule has 9 heteroatoms. The van der Waals surface area contributed by atoms with Gasteiger partial charge in [-0.3, -0.25) is 19.0 Å². The first kappa shape index (κ1) is 26.0. The van der Waals surface area contributed by atoms with Gasteiger partial charge in [-0.2, -0.15) is 0 Å². The second-order valence-electron chi connectivity index (χ2n) is 9.68. The summed E-state index contributed by atoms with van der Waals surface area (Å²) in [5.74, 6) is -0.251. The number of hydrogen-bond acceptors (Lipinski definition) is 6. The number of nitrogens with zero attached hydrogens (tertiary/aromatic N) is 4. The fourth-order valence-corrected chi connectivity index (χ4v) is 5.85. The van der Waals surface area contributed by atoms with Crippen LogP contribution in [-0.4, -0.2) is 63.9 Å². The largest absolute Gasteiger partial charge is 0.351 e. The second kappa shape index (κ2) is 11.8. The molecule has 1 aliphatic heterocycles. The summed E-state index contributed by atoms with van der Waals surface area (Å²) >= 11 is 1.23. The van der Waals surface area contributed by atoms with Crippen LogP contribution in [0.2, 0.25) is 0 Å². The number of hydrogen-bond donors (Lipinski definition) is 1. The highest BCUT2D eigenvalue weighted by atomic mass is 32.1. The molecule has 0 saturated carbocycles. The molecule has 1 aliphatic rings. The fourth-order valence-electron chi connectivity index (χ4n) is 4.80. The van der Waals surface area contributed by atoms with Gasteiger partial charge >= 0.3 is 0 Å². The van der Waals surface area contributed by atoms with E-state index in [1.54, 1.807) is 6.92 Å². The van der Waals surface area contributed by atoms with E-state index in [1.165, 1.54) is 27.8 Å². The van der Waals surface area contributed by atoms with Crippen molar-refractivity contribution in [3.63, 3.8) is 0 Å². The number of rotatable bonds is 9. The van der Waals surface area contributed by atoms with Crippen molar-refractivity contribution in [3.8, 4) is 0 Å². The minimum Gasteiger partial charge on any atom is -0.351 e. The molecule has 192 valence electrons. The summed E-state index contributed by atoms with van der Waals surface area (Å²) in [6.45, 7) is 6.80. The molecule has 3 heterocycles. The number of carbonyl (C=O) groups excluding carboxylic acids is 2. The minimum atomic E-state index is -0.270. The zero-order valence-corrected chi connectivity index (χ0v) is 22.1. The van der Waals surface area contributed by atoms with E-state index < -0.39 is 0 Å². The Labute approximate surface area is 215 Å². The molecule has 2 amide bonds. The van der Waals surface area contributed by atoms with Gasteiger partial charge in [0, 0.05) is 25.7 Å². The van der Waals surface area contributed by atoms with E-state index in [1.807, 2.05) is 23.1 Å². The summed E-state index contributed by atoms with van der Waals surface area (Å²) in [6.07, 6.45) is 5.36. The number of thiophene rings is 1. The van der Waals surface area contributed by atoms with Crippen LogP contribution in [0, 0.1) is 6.92 Å². The molecule has 1 aromatic carbocycles. The molecule has 3 aromatic rings. The highest BCUT2D eigenvalue weighted by Gasteiger charge is 2.25. The van der Waals surface area contributed by atoms with Gasteiger partial charge in [0.2, 0.25) is 5.91 Å². The van der Waals surface area contributed by atoms with Crippen LogP contribution in [0.4, 0.5) is 0 Å². The van der Waals surface area contributed by atoms with Crippen molar-refractivity contribution < 1.29 is 9.59 Å². The molecule has 1 atom stereocenters. The third-order valence-corrected chi connectivity index (χ3v) is 8.05. The number of nitrogens with one attached hydrogen (secondary N) is 1. The Morgan fingerprint density at radius 3 is 2.75 bits per heavy atom. The molecule has 2 aromatic heterocycles. The van der Waals surface area contributed by atoms with Gasteiger partial charge in [-0.25, -0.2) is 4.98 Å². The van der Waals surface area contributed by atoms with Gasteiger partial charge in [0.15, 0.2) is 0 Å². The molecule has 0 bridgehead atoms. The van der Waals surface area contributed by atoms with Crippen LogP contribution < -0.4 is 10.9 Å². The van der Waals surface area contributed by atoms with Crippen LogP contribution >= 0.6 is 11.3 Å². The Hall–Kier alpha value is -3.04. The van der Waals surface area contributed by atoms with Gasteiger partial charge in [-0.05, 0) is 64.3 Å². The smallest absolute Gasteiger partial charge is 0.262 e. The molecule has 8 nitrogen and oxygen atoms in total. The standard InChI is InChI=1S/C27H35N5O3S/c1-19-10-7-8-15-32(19)22(33)17-31-18-29-26-23(27(31)35)20(2)24(36-26)25(34)28-13-9-14-30(3)16-21-11-5-4-6-12-21/h4-6,11-12,18-19H,7-10,13-17H2,1-3H3,(H,28,34). The number of aryl methyl sites for hydroxylation is 1. The van der Waals surface area contributed by atoms with Crippen molar-refractivity contribution >= 4 is 33.4 Å². The van der Waals surface area contributed by atoms with Gasteiger partial charge in [-0.15, -0.1) is 11.3 Å². The first-order chi connectivity index (χ1) is 17.3. The second-order valence-corrected chi connectivity index (χ2v) is 10.7. The third kappa shape index (κ3) is 6.02. The Morgan fingerprint density at radius 2 is 2.00 bits per heavy atom. The van der Waals surface area contributed by atoms with Crippen molar-refractivity contribution in [2.45, 2.75) is 58.7 Å². The molecule has 1 saturated heterocycles. The van der Waals surface area contributed by atoms with Gasteiger partial charge in [0.1, 0.15) is 11.4 Å². The maximum Gasteiger partial charge on any atom is 0.262 e. The van der Waals surface area contributed by atoms with Crippen LogP contribution in [0.1, 0.15) is 53.4 Å². The predicted molar refractivity (Wildman–Crippen MR) is 143 cm³/mol.